The Morgan fingerprint density at radius 3 is 2.59 bits per heavy atom. The monoisotopic (exact) mass is 420 g/mol. The summed E-state index contributed by atoms with van der Waals surface area (Å²) in [6.07, 6.45) is 4.02. The Hall–Kier alpha value is -1.86. The van der Waals surface area contributed by atoms with Crippen molar-refractivity contribution in [3.05, 3.63) is 36.4 Å². The third kappa shape index (κ3) is 4.67. The Morgan fingerprint density at radius 1 is 1.24 bits per heavy atom. The van der Waals surface area contributed by atoms with Crippen molar-refractivity contribution in [3.63, 3.8) is 0 Å². The third-order valence-electron chi connectivity index (χ3n) is 5.48. The zero-order valence-corrected chi connectivity index (χ0v) is 18.7. The van der Waals surface area contributed by atoms with Crippen molar-refractivity contribution >= 4 is 21.7 Å². The lowest BCUT2D eigenvalue weighted by Gasteiger charge is -2.29. The van der Waals surface area contributed by atoms with Crippen LogP contribution in [0.1, 0.15) is 45.6 Å². The summed E-state index contributed by atoms with van der Waals surface area (Å²) in [5.74, 6) is -0.118. The van der Waals surface area contributed by atoms with E-state index in [-0.39, 0.29) is 4.90 Å². The summed E-state index contributed by atoms with van der Waals surface area (Å²) in [7, 11) is -3.83. The van der Waals surface area contributed by atoms with E-state index in [9.17, 15) is 13.2 Å². The first kappa shape index (κ1) is 21.8. The smallest absolute Gasteiger partial charge is 0.324 e. The number of hydrogen-bond donors (Lipinski definition) is 0. The summed E-state index contributed by atoms with van der Waals surface area (Å²) >= 11 is 0. The predicted molar refractivity (Wildman–Crippen MR) is 114 cm³/mol. The number of carbonyl (C=O) groups excluding carboxylic acids is 1. The van der Waals surface area contributed by atoms with Gasteiger partial charge in [0.25, 0.3) is 0 Å². The molecule has 3 rings (SSSR count). The lowest BCUT2D eigenvalue weighted by Crippen LogP contribution is -2.43. The minimum absolute atomic E-state index is 0.267. The van der Waals surface area contributed by atoms with Crippen LogP contribution in [0.3, 0.4) is 0 Å². The SMILES string of the molecule is C=CC1CCN(c2cc(C)ccc2S(=O)(=O)N2CCC[C@H]2C(=O)OC(C)(C)C)C1. The lowest BCUT2D eigenvalue weighted by molar-refractivity contribution is -0.158. The van der Waals surface area contributed by atoms with E-state index in [4.69, 9.17) is 4.74 Å². The fourth-order valence-electron chi connectivity index (χ4n) is 4.05. The van der Waals surface area contributed by atoms with E-state index in [1.165, 1.54) is 4.31 Å². The van der Waals surface area contributed by atoms with Crippen LogP contribution in [0.2, 0.25) is 0 Å². The summed E-state index contributed by atoms with van der Waals surface area (Å²) in [6, 6.07) is 4.64. The molecule has 2 saturated heterocycles. The second kappa shape index (κ2) is 8.11. The van der Waals surface area contributed by atoms with E-state index in [0.29, 0.717) is 31.0 Å². The third-order valence-corrected chi connectivity index (χ3v) is 7.44. The molecule has 1 aromatic rings. The second-order valence-corrected chi connectivity index (χ2v) is 10.9. The molecule has 0 bridgehead atoms. The van der Waals surface area contributed by atoms with Crippen LogP contribution in [-0.4, -0.2) is 50.0 Å². The number of rotatable bonds is 5. The standard InChI is InChI=1S/C22H32N2O4S/c1-6-17-11-13-23(15-17)19-14-16(2)9-10-20(19)29(26,27)24-12-7-8-18(24)21(25)28-22(3,4)5/h6,9-10,14,17-18H,1,7-8,11-13,15H2,2-5H3/t17?,18-/m0/s1. The maximum atomic E-state index is 13.6. The molecule has 0 aliphatic carbocycles. The van der Waals surface area contributed by atoms with Crippen LogP contribution in [0.25, 0.3) is 0 Å². The topological polar surface area (TPSA) is 66.9 Å². The van der Waals surface area contributed by atoms with E-state index in [1.807, 2.05) is 25.1 Å². The van der Waals surface area contributed by atoms with Crippen LogP contribution in [0.15, 0.2) is 35.7 Å². The van der Waals surface area contributed by atoms with Gasteiger partial charge in [0.1, 0.15) is 16.5 Å². The molecule has 2 atom stereocenters. The molecule has 1 unspecified atom stereocenters. The molecule has 2 fully saturated rings. The van der Waals surface area contributed by atoms with Crippen LogP contribution < -0.4 is 4.90 Å². The van der Waals surface area contributed by atoms with Crippen LogP contribution in [0.4, 0.5) is 5.69 Å². The minimum atomic E-state index is -3.83. The Balaban J connectivity index is 1.95. The van der Waals surface area contributed by atoms with E-state index in [1.54, 1.807) is 26.8 Å². The number of aryl methyl sites for hydroxylation is 1. The van der Waals surface area contributed by atoms with E-state index in [0.717, 1.165) is 25.1 Å². The number of hydrogen-bond acceptors (Lipinski definition) is 5. The minimum Gasteiger partial charge on any atom is -0.459 e. The van der Waals surface area contributed by atoms with Gasteiger partial charge < -0.3 is 9.64 Å². The predicted octanol–water partition coefficient (Wildman–Crippen LogP) is 3.50. The molecule has 0 aromatic heterocycles. The quantitative estimate of drug-likeness (QED) is 0.539. The molecule has 2 aliphatic heterocycles. The van der Waals surface area contributed by atoms with Crippen molar-refractivity contribution in [3.8, 4) is 0 Å². The number of carbonyl (C=O) groups is 1. The highest BCUT2D eigenvalue weighted by molar-refractivity contribution is 7.89. The van der Waals surface area contributed by atoms with E-state index < -0.39 is 27.6 Å². The van der Waals surface area contributed by atoms with Crippen LogP contribution in [0.5, 0.6) is 0 Å². The number of benzene rings is 1. The second-order valence-electron chi connectivity index (χ2n) is 9.01. The highest BCUT2D eigenvalue weighted by atomic mass is 32.2. The summed E-state index contributed by atoms with van der Waals surface area (Å²) in [5, 5.41) is 0. The van der Waals surface area contributed by atoms with E-state index >= 15 is 0 Å². The molecule has 0 N–H and O–H groups in total. The van der Waals surface area contributed by atoms with Gasteiger partial charge in [0.15, 0.2) is 0 Å². The summed E-state index contributed by atoms with van der Waals surface area (Å²) in [6.45, 7) is 13.1. The number of anilines is 1. The van der Waals surface area contributed by atoms with Crippen molar-refractivity contribution in [1.29, 1.82) is 0 Å². The molecular formula is C22H32N2O4S. The average molecular weight is 421 g/mol. The van der Waals surface area contributed by atoms with Crippen LogP contribution in [-0.2, 0) is 19.6 Å². The number of esters is 1. The fraction of sp³-hybridized carbons (Fsp3) is 0.591. The maximum absolute atomic E-state index is 13.6. The lowest BCUT2D eigenvalue weighted by atomic mass is 10.1. The van der Waals surface area contributed by atoms with Gasteiger partial charge in [-0.3, -0.25) is 4.79 Å². The molecule has 1 aromatic carbocycles. The van der Waals surface area contributed by atoms with Gasteiger partial charge in [-0.15, -0.1) is 6.58 Å². The van der Waals surface area contributed by atoms with Crippen molar-refractivity contribution < 1.29 is 17.9 Å². The Labute approximate surface area is 174 Å². The largest absolute Gasteiger partial charge is 0.459 e. The molecule has 0 radical (unpaired) electrons. The normalized spacial score (nSPS) is 23.4. The zero-order valence-electron chi connectivity index (χ0n) is 17.8. The van der Waals surface area contributed by atoms with Crippen LogP contribution in [0, 0.1) is 12.8 Å². The number of sulfonamides is 1. The van der Waals surface area contributed by atoms with Gasteiger partial charge in [-0.05, 0) is 70.6 Å². The maximum Gasteiger partial charge on any atom is 0.324 e. The van der Waals surface area contributed by atoms with Gasteiger partial charge in [0.2, 0.25) is 10.0 Å². The zero-order chi connectivity index (χ0) is 21.4. The highest BCUT2D eigenvalue weighted by Crippen LogP contribution is 2.36. The molecule has 160 valence electrons. The summed E-state index contributed by atoms with van der Waals surface area (Å²) in [4.78, 5) is 15.1. The van der Waals surface area contributed by atoms with Gasteiger partial charge >= 0.3 is 5.97 Å². The number of ether oxygens (including phenoxy) is 1. The van der Waals surface area contributed by atoms with Gasteiger partial charge in [0, 0.05) is 19.6 Å². The molecule has 7 heteroatoms. The van der Waals surface area contributed by atoms with Crippen molar-refractivity contribution in [1.82, 2.24) is 4.31 Å². The first-order valence-electron chi connectivity index (χ1n) is 10.3. The molecule has 2 heterocycles. The van der Waals surface area contributed by atoms with Crippen molar-refractivity contribution in [2.75, 3.05) is 24.5 Å². The van der Waals surface area contributed by atoms with Crippen molar-refractivity contribution in [2.24, 2.45) is 5.92 Å². The molecule has 6 nitrogen and oxygen atoms in total. The highest BCUT2D eigenvalue weighted by Gasteiger charge is 2.42. The molecule has 0 amide bonds. The first-order valence-corrected chi connectivity index (χ1v) is 11.7. The van der Waals surface area contributed by atoms with Gasteiger partial charge in [-0.2, -0.15) is 4.31 Å². The molecule has 0 spiro atoms. The molecule has 2 aliphatic rings. The van der Waals surface area contributed by atoms with Crippen molar-refractivity contribution in [2.45, 2.75) is 63.5 Å². The molecule has 29 heavy (non-hydrogen) atoms. The van der Waals surface area contributed by atoms with Crippen LogP contribution >= 0.6 is 0 Å². The Morgan fingerprint density at radius 2 is 1.97 bits per heavy atom. The fourth-order valence-corrected chi connectivity index (χ4v) is 5.89. The Bertz CT molecular complexity index is 889. The van der Waals surface area contributed by atoms with Gasteiger partial charge in [0.05, 0.1) is 5.69 Å². The van der Waals surface area contributed by atoms with Gasteiger partial charge in [-0.1, -0.05) is 12.1 Å². The van der Waals surface area contributed by atoms with Gasteiger partial charge in [-0.25, -0.2) is 8.42 Å². The number of nitrogens with zero attached hydrogens (tertiary/aromatic N) is 2. The molecule has 0 saturated carbocycles. The first-order chi connectivity index (χ1) is 13.5. The Kier molecular flexibility index (Phi) is 6.11. The average Bonchev–Trinajstić information content (AvgIpc) is 3.29. The van der Waals surface area contributed by atoms with E-state index in [2.05, 4.69) is 11.5 Å². The molecular weight excluding hydrogens is 388 g/mol. The summed E-state index contributed by atoms with van der Waals surface area (Å²) < 4.78 is 34.1. The summed E-state index contributed by atoms with van der Waals surface area (Å²) in [5.41, 5.74) is 1.06.